The molecule has 0 unspecified atom stereocenters. The lowest BCUT2D eigenvalue weighted by molar-refractivity contribution is -0.141. The van der Waals surface area contributed by atoms with Crippen molar-refractivity contribution in [2.24, 2.45) is 0 Å². The zero-order valence-electron chi connectivity index (χ0n) is 10.1. The van der Waals surface area contributed by atoms with E-state index in [2.05, 4.69) is 9.97 Å². The number of rotatable bonds is 6. The second-order valence-electron chi connectivity index (χ2n) is 3.80. The van der Waals surface area contributed by atoms with E-state index in [1.807, 2.05) is 6.92 Å². The highest BCUT2D eigenvalue weighted by Gasteiger charge is 2.33. The maximum absolute atomic E-state index is 12.5. The number of nitrogens with zero attached hydrogens (tertiary/aromatic N) is 3. The molecule has 1 rings (SSSR count). The first kappa shape index (κ1) is 14.7. The van der Waals surface area contributed by atoms with Gasteiger partial charge >= 0.3 is 6.18 Å². The largest absolute Gasteiger partial charge is 0.433 e. The van der Waals surface area contributed by atoms with Crippen LogP contribution < -0.4 is 4.90 Å². The van der Waals surface area contributed by atoms with Gasteiger partial charge in [0.1, 0.15) is 5.69 Å². The smallest absolute Gasteiger partial charge is 0.395 e. The molecule has 1 aromatic heterocycles. The Labute approximate surface area is 103 Å². The van der Waals surface area contributed by atoms with Gasteiger partial charge < -0.3 is 10.0 Å². The Morgan fingerprint density at radius 1 is 1.33 bits per heavy atom. The fourth-order valence-electron chi connectivity index (χ4n) is 1.44. The van der Waals surface area contributed by atoms with E-state index in [0.717, 1.165) is 25.1 Å². The van der Waals surface area contributed by atoms with E-state index >= 15 is 0 Å². The monoisotopic (exact) mass is 263 g/mol. The summed E-state index contributed by atoms with van der Waals surface area (Å²) in [5, 5.41) is 8.91. The van der Waals surface area contributed by atoms with Crippen LogP contribution in [-0.2, 0) is 6.18 Å². The van der Waals surface area contributed by atoms with Crippen LogP contribution in [0.25, 0.3) is 0 Å². The van der Waals surface area contributed by atoms with Crippen LogP contribution >= 0.6 is 0 Å². The van der Waals surface area contributed by atoms with E-state index in [4.69, 9.17) is 5.11 Å². The third kappa shape index (κ3) is 4.14. The molecule has 0 aliphatic carbocycles. The van der Waals surface area contributed by atoms with Crippen LogP contribution in [0.1, 0.15) is 25.5 Å². The van der Waals surface area contributed by atoms with Crippen molar-refractivity contribution in [2.45, 2.75) is 25.9 Å². The van der Waals surface area contributed by atoms with Crippen LogP contribution in [0.5, 0.6) is 0 Å². The van der Waals surface area contributed by atoms with Gasteiger partial charge in [0.2, 0.25) is 5.95 Å². The Morgan fingerprint density at radius 3 is 2.61 bits per heavy atom. The minimum absolute atomic E-state index is 0.00678. The second-order valence-corrected chi connectivity index (χ2v) is 3.80. The molecule has 1 N–H and O–H groups in total. The third-order valence-corrected chi connectivity index (χ3v) is 2.37. The van der Waals surface area contributed by atoms with Crippen molar-refractivity contribution >= 4 is 5.95 Å². The molecule has 1 heterocycles. The van der Waals surface area contributed by atoms with Crippen molar-refractivity contribution in [1.29, 1.82) is 0 Å². The predicted octanol–water partition coefficient (Wildman–Crippen LogP) is 2.09. The van der Waals surface area contributed by atoms with Crippen LogP contribution in [-0.4, -0.2) is 34.8 Å². The fraction of sp³-hybridized carbons (Fsp3) is 0.636. The van der Waals surface area contributed by atoms with Gasteiger partial charge in [0, 0.05) is 19.3 Å². The summed E-state index contributed by atoms with van der Waals surface area (Å²) in [7, 11) is 0. The van der Waals surface area contributed by atoms with Crippen molar-refractivity contribution in [2.75, 3.05) is 24.6 Å². The summed E-state index contributed by atoms with van der Waals surface area (Å²) in [4.78, 5) is 8.88. The van der Waals surface area contributed by atoms with E-state index in [1.54, 1.807) is 4.90 Å². The zero-order chi connectivity index (χ0) is 13.6. The van der Waals surface area contributed by atoms with Gasteiger partial charge in [0.05, 0.1) is 6.61 Å². The van der Waals surface area contributed by atoms with Gasteiger partial charge in [-0.1, -0.05) is 13.3 Å². The number of halogens is 3. The van der Waals surface area contributed by atoms with E-state index in [1.165, 1.54) is 0 Å². The lowest BCUT2D eigenvalue weighted by Crippen LogP contribution is -2.30. The number of aliphatic hydroxyl groups excluding tert-OH is 1. The first-order valence-electron chi connectivity index (χ1n) is 5.75. The summed E-state index contributed by atoms with van der Waals surface area (Å²) in [6.45, 7) is 2.58. The van der Waals surface area contributed by atoms with Gasteiger partial charge in [-0.3, -0.25) is 0 Å². The Kier molecular flexibility index (Phi) is 5.33. The average Bonchev–Trinajstić information content (AvgIpc) is 2.33. The van der Waals surface area contributed by atoms with E-state index < -0.39 is 11.9 Å². The Bertz CT molecular complexity index is 371. The maximum Gasteiger partial charge on any atom is 0.433 e. The van der Waals surface area contributed by atoms with Crippen molar-refractivity contribution in [3.8, 4) is 0 Å². The predicted molar refractivity (Wildman–Crippen MR) is 61.2 cm³/mol. The molecule has 0 aliphatic rings. The van der Waals surface area contributed by atoms with Gasteiger partial charge in [-0.15, -0.1) is 0 Å². The normalized spacial score (nSPS) is 11.6. The van der Waals surface area contributed by atoms with Gasteiger partial charge in [-0.2, -0.15) is 13.2 Å². The molecule has 0 amide bonds. The molecule has 0 spiro atoms. The number of aromatic nitrogens is 2. The van der Waals surface area contributed by atoms with Gasteiger partial charge in [0.15, 0.2) is 0 Å². The minimum atomic E-state index is -4.48. The van der Waals surface area contributed by atoms with Crippen molar-refractivity contribution in [3.05, 3.63) is 18.0 Å². The molecule has 0 fully saturated rings. The molecule has 1 aromatic rings. The Balaban J connectivity index is 2.90. The molecular formula is C11H16F3N3O. The molecule has 0 atom stereocenters. The Morgan fingerprint density at radius 2 is 2.06 bits per heavy atom. The molecule has 0 saturated heterocycles. The number of alkyl halides is 3. The SMILES string of the molecule is CCCCN(CCO)c1nccc(C(F)(F)F)n1. The minimum Gasteiger partial charge on any atom is -0.395 e. The maximum atomic E-state index is 12.5. The summed E-state index contributed by atoms with van der Waals surface area (Å²) < 4.78 is 37.5. The second kappa shape index (κ2) is 6.53. The van der Waals surface area contributed by atoms with E-state index in [9.17, 15) is 13.2 Å². The zero-order valence-corrected chi connectivity index (χ0v) is 10.1. The summed E-state index contributed by atoms with van der Waals surface area (Å²) in [6.07, 6.45) is -1.69. The quantitative estimate of drug-likeness (QED) is 0.853. The Hall–Kier alpha value is -1.37. The standard InChI is InChI=1S/C11H16F3N3O/c1-2-3-6-17(7-8-18)10-15-5-4-9(16-10)11(12,13)14/h4-5,18H,2-3,6-8H2,1H3. The van der Waals surface area contributed by atoms with Crippen LogP contribution in [0.3, 0.4) is 0 Å². The summed E-state index contributed by atoms with van der Waals surface area (Å²) in [6, 6.07) is 0.834. The highest BCUT2D eigenvalue weighted by molar-refractivity contribution is 5.30. The first-order chi connectivity index (χ1) is 8.49. The number of hydrogen-bond donors (Lipinski definition) is 1. The van der Waals surface area contributed by atoms with Crippen molar-refractivity contribution < 1.29 is 18.3 Å². The lowest BCUT2D eigenvalue weighted by Gasteiger charge is -2.21. The molecule has 4 nitrogen and oxygen atoms in total. The highest BCUT2D eigenvalue weighted by Crippen LogP contribution is 2.28. The van der Waals surface area contributed by atoms with Crippen LogP contribution in [0.15, 0.2) is 12.3 Å². The summed E-state index contributed by atoms with van der Waals surface area (Å²) in [5.74, 6) is 0.00678. The number of aliphatic hydroxyl groups is 1. The molecule has 102 valence electrons. The van der Waals surface area contributed by atoms with E-state index in [-0.39, 0.29) is 19.1 Å². The molecule has 7 heteroatoms. The number of unbranched alkanes of at least 4 members (excludes halogenated alkanes) is 1. The summed E-state index contributed by atoms with van der Waals surface area (Å²) in [5.41, 5.74) is -0.966. The average molecular weight is 263 g/mol. The molecule has 0 aliphatic heterocycles. The lowest BCUT2D eigenvalue weighted by atomic mass is 10.3. The fourth-order valence-corrected chi connectivity index (χ4v) is 1.44. The van der Waals surface area contributed by atoms with Crippen molar-refractivity contribution in [1.82, 2.24) is 9.97 Å². The first-order valence-corrected chi connectivity index (χ1v) is 5.75. The summed E-state index contributed by atoms with van der Waals surface area (Å²) >= 11 is 0. The van der Waals surface area contributed by atoms with Crippen LogP contribution in [0.4, 0.5) is 19.1 Å². The molecule has 0 aromatic carbocycles. The molecule has 0 saturated carbocycles. The van der Waals surface area contributed by atoms with Gasteiger partial charge in [-0.05, 0) is 12.5 Å². The van der Waals surface area contributed by atoms with Gasteiger partial charge in [0.25, 0.3) is 0 Å². The molecule has 0 radical (unpaired) electrons. The van der Waals surface area contributed by atoms with Gasteiger partial charge in [-0.25, -0.2) is 9.97 Å². The highest BCUT2D eigenvalue weighted by atomic mass is 19.4. The molecular weight excluding hydrogens is 247 g/mol. The van der Waals surface area contributed by atoms with Crippen LogP contribution in [0, 0.1) is 0 Å². The van der Waals surface area contributed by atoms with Crippen LogP contribution in [0.2, 0.25) is 0 Å². The molecule has 18 heavy (non-hydrogen) atoms. The molecule has 0 bridgehead atoms. The number of anilines is 1. The number of hydrogen-bond acceptors (Lipinski definition) is 4. The third-order valence-electron chi connectivity index (χ3n) is 2.37. The van der Waals surface area contributed by atoms with Crippen molar-refractivity contribution in [3.63, 3.8) is 0 Å². The van der Waals surface area contributed by atoms with E-state index in [0.29, 0.717) is 6.54 Å². The topological polar surface area (TPSA) is 49.2 Å².